The molecule has 138 valence electrons. The van der Waals surface area contributed by atoms with Crippen LogP contribution in [-0.4, -0.2) is 42.4 Å². The van der Waals surface area contributed by atoms with Gasteiger partial charge in [-0.2, -0.15) is 11.3 Å². The van der Waals surface area contributed by atoms with Crippen molar-refractivity contribution in [3.8, 4) is 0 Å². The van der Waals surface area contributed by atoms with Gasteiger partial charge >= 0.3 is 0 Å². The smallest absolute Gasteiger partial charge is 0.252 e. The molecule has 6 heteroatoms. The van der Waals surface area contributed by atoms with Gasteiger partial charge in [0.2, 0.25) is 5.91 Å². The SMILES string of the molecule is CC(CNC(=O)CCNC(=O)c1ccsc1)N1CCc2ccccc2C1. The number of thiophene rings is 1. The van der Waals surface area contributed by atoms with Gasteiger partial charge in [-0.25, -0.2) is 0 Å². The van der Waals surface area contributed by atoms with Crippen LogP contribution < -0.4 is 10.6 Å². The number of hydrogen-bond acceptors (Lipinski definition) is 4. The Bertz CT molecular complexity index is 745. The van der Waals surface area contributed by atoms with Crippen LogP contribution in [0.1, 0.15) is 34.8 Å². The molecule has 0 saturated carbocycles. The van der Waals surface area contributed by atoms with Gasteiger partial charge in [0, 0.05) is 49.6 Å². The van der Waals surface area contributed by atoms with Crippen molar-refractivity contribution in [3.63, 3.8) is 0 Å². The zero-order chi connectivity index (χ0) is 18.4. The van der Waals surface area contributed by atoms with Crippen LogP contribution in [0.5, 0.6) is 0 Å². The first-order valence-corrected chi connectivity index (χ1v) is 9.95. The number of nitrogens with zero attached hydrogens (tertiary/aromatic N) is 1. The van der Waals surface area contributed by atoms with E-state index in [2.05, 4.69) is 46.7 Å². The van der Waals surface area contributed by atoms with Crippen molar-refractivity contribution < 1.29 is 9.59 Å². The normalized spacial score (nSPS) is 15.1. The standard InChI is InChI=1S/C20H25N3O2S/c1-15(23-10-7-16-4-2-3-5-17(16)13-23)12-22-19(24)6-9-21-20(25)18-8-11-26-14-18/h2-5,8,11,14-15H,6-7,9-10,12-13H2,1H3,(H,21,25)(H,22,24). The van der Waals surface area contributed by atoms with Crippen molar-refractivity contribution in [1.29, 1.82) is 0 Å². The third-order valence-electron chi connectivity index (χ3n) is 4.80. The van der Waals surface area contributed by atoms with E-state index in [4.69, 9.17) is 0 Å². The summed E-state index contributed by atoms with van der Waals surface area (Å²) < 4.78 is 0. The molecule has 2 amide bonds. The van der Waals surface area contributed by atoms with Crippen molar-refractivity contribution in [1.82, 2.24) is 15.5 Å². The summed E-state index contributed by atoms with van der Waals surface area (Å²) in [5.41, 5.74) is 3.46. The Morgan fingerprint density at radius 2 is 2.00 bits per heavy atom. The fourth-order valence-electron chi connectivity index (χ4n) is 3.16. The van der Waals surface area contributed by atoms with E-state index >= 15 is 0 Å². The molecule has 1 aromatic carbocycles. The second-order valence-electron chi connectivity index (χ2n) is 6.66. The summed E-state index contributed by atoms with van der Waals surface area (Å²) in [6.07, 6.45) is 1.36. The molecule has 2 N–H and O–H groups in total. The number of carbonyl (C=O) groups excluding carboxylic acids is 2. The van der Waals surface area contributed by atoms with Gasteiger partial charge in [0.05, 0.1) is 0 Å². The Morgan fingerprint density at radius 1 is 1.19 bits per heavy atom. The van der Waals surface area contributed by atoms with Crippen LogP contribution in [0.2, 0.25) is 0 Å². The highest BCUT2D eigenvalue weighted by atomic mass is 32.1. The van der Waals surface area contributed by atoms with Crippen molar-refractivity contribution in [3.05, 3.63) is 57.8 Å². The molecule has 0 saturated heterocycles. The summed E-state index contributed by atoms with van der Waals surface area (Å²) in [5, 5.41) is 9.42. The molecule has 0 aliphatic carbocycles. The molecular formula is C20H25N3O2S. The zero-order valence-corrected chi connectivity index (χ0v) is 15.8. The highest BCUT2D eigenvalue weighted by molar-refractivity contribution is 7.08. The summed E-state index contributed by atoms with van der Waals surface area (Å²) in [6.45, 7) is 5.08. The van der Waals surface area contributed by atoms with Crippen LogP contribution in [0.4, 0.5) is 0 Å². The lowest BCUT2D eigenvalue weighted by molar-refractivity contribution is -0.121. The van der Waals surface area contributed by atoms with Crippen molar-refractivity contribution >= 4 is 23.2 Å². The Hall–Kier alpha value is -2.18. The van der Waals surface area contributed by atoms with Crippen LogP contribution in [0.25, 0.3) is 0 Å². The van der Waals surface area contributed by atoms with Crippen LogP contribution >= 0.6 is 11.3 Å². The molecule has 3 rings (SSSR count). The van der Waals surface area contributed by atoms with E-state index in [1.807, 2.05) is 5.38 Å². The first-order chi connectivity index (χ1) is 12.6. The lowest BCUT2D eigenvalue weighted by atomic mass is 9.99. The number of nitrogens with one attached hydrogen (secondary N) is 2. The maximum Gasteiger partial charge on any atom is 0.252 e. The van der Waals surface area contributed by atoms with Crippen LogP contribution in [0.15, 0.2) is 41.1 Å². The first-order valence-electron chi connectivity index (χ1n) is 9.01. The summed E-state index contributed by atoms with van der Waals surface area (Å²) in [4.78, 5) is 26.2. The molecule has 1 unspecified atom stereocenters. The Kier molecular flexibility index (Phi) is 6.41. The van der Waals surface area contributed by atoms with Gasteiger partial charge in [-0.15, -0.1) is 0 Å². The van der Waals surface area contributed by atoms with Crippen molar-refractivity contribution in [2.24, 2.45) is 0 Å². The quantitative estimate of drug-likeness (QED) is 0.786. The molecule has 2 aromatic rings. The minimum absolute atomic E-state index is 0.0279. The Balaban J connectivity index is 1.36. The highest BCUT2D eigenvalue weighted by Gasteiger charge is 2.20. The lowest BCUT2D eigenvalue weighted by Crippen LogP contribution is -2.44. The maximum atomic E-state index is 12.0. The Labute approximate surface area is 158 Å². The second-order valence-corrected chi connectivity index (χ2v) is 7.44. The van der Waals surface area contributed by atoms with Crippen LogP contribution in [0, 0.1) is 0 Å². The summed E-state index contributed by atoms with van der Waals surface area (Å²) >= 11 is 1.48. The van der Waals surface area contributed by atoms with Gasteiger partial charge in [-0.1, -0.05) is 24.3 Å². The Morgan fingerprint density at radius 3 is 2.77 bits per heavy atom. The van der Waals surface area contributed by atoms with E-state index in [0.29, 0.717) is 25.1 Å². The topological polar surface area (TPSA) is 61.4 Å². The average Bonchev–Trinajstić information content (AvgIpc) is 3.20. The zero-order valence-electron chi connectivity index (χ0n) is 15.0. The maximum absolute atomic E-state index is 12.0. The fraction of sp³-hybridized carbons (Fsp3) is 0.400. The lowest BCUT2D eigenvalue weighted by Gasteiger charge is -2.33. The largest absolute Gasteiger partial charge is 0.354 e. The van der Waals surface area contributed by atoms with E-state index in [0.717, 1.165) is 19.5 Å². The molecule has 0 bridgehead atoms. The predicted molar refractivity (Wildman–Crippen MR) is 104 cm³/mol. The van der Waals surface area contributed by atoms with Crippen molar-refractivity contribution in [2.75, 3.05) is 19.6 Å². The molecule has 26 heavy (non-hydrogen) atoms. The van der Waals surface area contributed by atoms with E-state index in [1.165, 1.54) is 22.5 Å². The molecule has 1 aromatic heterocycles. The molecule has 2 heterocycles. The summed E-state index contributed by atoms with van der Waals surface area (Å²) in [7, 11) is 0. The van der Waals surface area contributed by atoms with E-state index < -0.39 is 0 Å². The molecule has 0 spiro atoms. The van der Waals surface area contributed by atoms with E-state index in [9.17, 15) is 9.59 Å². The van der Waals surface area contributed by atoms with Gasteiger partial charge in [0.25, 0.3) is 5.91 Å². The van der Waals surface area contributed by atoms with Gasteiger partial charge in [0.1, 0.15) is 0 Å². The molecule has 0 fully saturated rings. The number of fused-ring (bicyclic) bond motifs is 1. The number of carbonyl (C=O) groups is 2. The fourth-order valence-corrected chi connectivity index (χ4v) is 3.79. The summed E-state index contributed by atoms with van der Waals surface area (Å²) in [6, 6.07) is 10.6. The minimum atomic E-state index is -0.126. The predicted octanol–water partition coefficient (Wildman–Crippen LogP) is 2.43. The first kappa shape index (κ1) is 18.6. The van der Waals surface area contributed by atoms with Crippen molar-refractivity contribution in [2.45, 2.75) is 32.4 Å². The molecule has 1 aliphatic rings. The third-order valence-corrected chi connectivity index (χ3v) is 5.48. The number of hydrogen-bond donors (Lipinski definition) is 2. The summed E-state index contributed by atoms with van der Waals surface area (Å²) in [5.74, 6) is -0.153. The minimum Gasteiger partial charge on any atom is -0.354 e. The molecule has 1 atom stereocenters. The number of benzene rings is 1. The molecule has 1 aliphatic heterocycles. The molecule has 5 nitrogen and oxygen atoms in total. The molecule has 0 radical (unpaired) electrons. The van der Waals surface area contributed by atoms with E-state index in [1.54, 1.807) is 11.4 Å². The average molecular weight is 372 g/mol. The molecular weight excluding hydrogens is 346 g/mol. The van der Waals surface area contributed by atoms with Gasteiger partial charge < -0.3 is 10.6 Å². The number of rotatable bonds is 7. The third kappa shape index (κ3) is 4.93. The van der Waals surface area contributed by atoms with Crippen LogP contribution in [0.3, 0.4) is 0 Å². The van der Waals surface area contributed by atoms with Gasteiger partial charge in [0.15, 0.2) is 0 Å². The number of amides is 2. The monoisotopic (exact) mass is 371 g/mol. The second kappa shape index (κ2) is 8.96. The van der Waals surface area contributed by atoms with Gasteiger partial charge in [-0.05, 0) is 35.9 Å². The van der Waals surface area contributed by atoms with E-state index in [-0.39, 0.29) is 17.9 Å². The van der Waals surface area contributed by atoms with Gasteiger partial charge in [-0.3, -0.25) is 14.5 Å². The van der Waals surface area contributed by atoms with Crippen LogP contribution in [-0.2, 0) is 17.8 Å². The highest BCUT2D eigenvalue weighted by Crippen LogP contribution is 2.19.